The molecule has 0 bridgehead atoms. The number of methoxy groups -OCH3 is 1. The van der Waals surface area contributed by atoms with Crippen LogP contribution in [0.5, 0.6) is 5.75 Å². The number of aryl methyl sites for hydroxylation is 2. The van der Waals surface area contributed by atoms with Crippen molar-refractivity contribution in [1.29, 1.82) is 0 Å². The van der Waals surface area contributed by atoms with E-state index in [-0.39, 0.29) is 0 Å². The fraction of sp³-hybridized carbons (Fsp3) is 0.471. The van der Waals surface area contributed by atoms with Gasteiger partial charge in [-0.3, -0.25) is 0 Å². The molecule has 4 heteroatoms. The van der Waals surface area contributed by atoms with Gasteiger partial charge in [-0.15, -0.1) is 0 Å². The van der Waals surface area contributed by atoms with Gasteiger partial charge in [-0.05, 0) is 44.0 Å². The monoisotopic (exact) mass is 287 g/mol. The quantitative estimate of drug-likeness (QED) is 0.759. The van der Waals surface area contributed by atoms with Gasteiger partial charge in [-0.2, -0.15) is 0 Å². The molecule has 0 atom stereocenters. The van der Waals surface area contributed by atoms with Gasteiger partial charge in [0.05, 0.1) is 12.8 Å². The first-order valence-electron chi connectivity index (χ1n) is 7.59. The number of nitrogens with zero attached hydrogens (tertiary/aromatic N) is 2. The molecule has 0 amide bonds. The highest BCUT2D eigenvalue weighted by atomic mass is 16.5. The zero-order valence-corrected chi connectivity index (χ0v) is 13.2. The van der Waals surface area contributed by atoms with Crippen molar-refractivity contribution in [2.24, 2.45) is 0 Å². The average Bonchev–Trinajstić information content (AvgIpc) is 2.86. The fourth-order valence-electron chi connectivity index (χ4n) is 2.39. The summed E-state index contributed by atoms with van der Waals surface area (Å²) in [5.74, 6) is 1.99. The number of hydrogen-bond donors (Lipinski definition) is 1. The van der Waals surface area contributed by atoms with E-state index in [1.54, 1.807) is 7.11 Å². The molecule has 0 saturated carbocycles. The summed E-state index contributed by atoms with van der Waals surface area (Å²) in [6, 6.07) is 8.28. The van der Waals surface area contributed by atoms with Crippen LogP contribution in [0.15, 0.2) is 30.5 Å². The number of aromatic nitrogens is 2. The lowest BCUT2D eigenvalue weighted by Gasteiger charge is -2.11. The minimum absolute atomic E-state index is 0.886. The van der Waals surface area contributed by atoms with E-state index in [0.717, 1.165) is 44.0 Å². The second-order valence-corrected chi connectivity index (χ2v) is 5.22. The number of rotatable bonds is 8. The van der Waals surface area contributed by atoms with E-state index in [0.29, 0.717) is 0 Å². The molecule has 1 aromatic heterocycles. The molecule has 0 aliphatic carbocycles. The van der Waals surface area contributed by atoms with E-state index in [1.165, 1.54) is 11.3 Å². The zero-order chi connectivity index (χ0) is 15.1. The molecule has 0 fully saturated rings. The van der Waals surface area contributed by atoms with Gasteiger partial charge in [0.1, 0.15) is 11.6 Å². The van der Waals surface area contributed by atoms with Crippen molar-refractivity contribution in [2.45, 2.75) is 39.8 Å². The van der Waals surface area contributed by atoms with Gasteiger partial charge in [-0.25, -0.2) is 4.98 Å². The number of ether oxygens (including phenoxy) is 1. The number of imidazole rings is 1. The van der Waals surface area contributed by atoms with E-state index in [1.807, 2.05) is 18.3 Å². The summed E-state index contributed by atoms with van der Waals surface area (Å²) < 4.78 is 7.49. The molecule has 114 valence electrons. The standard InChI is InChI=1S/C17H25N3O/c1-4-10-18-12-16-13-19-14(2)20(16)11-9-15-5-7-17(21-3)8-6-15/h5-8,13,18H,4,9-12H2,1-3H3. The van der Waals surface area contributed by atoms with Gasteiger partial charge in [0.2, 0.25) is 0 Å². The number of nitrogens with one attached hydrogen (secondary N) is 1. The van der Waals surface area contributed by atoms with Crippen molar-refractivity contribution in [3.63, 3.8) is 0 Å². The highest BCUT2D eigenvalue weighted by molar-refractivity contribution is 5.27. The lowest BCUT2D eigenvalue weighted by Crippen LogP contribution is -2.18. The molecule has 21 heavy (non-hydrogen) atoms. The van der Waals surface area contributed by atoms with Crippen molar-refractivity contribution in [1.82, 2.24) is 14.9 Å². The Morgan fingerprint density at radius 1 is 1.24 bits per heavy atom. The molecular formula is C17H25N3O. The Morgan fingerprint density at radius 3 is 2.67 bits per heavy atom. The van der Waals surface area contributed by atoms with Crippen LogP contribution >= 0.6 is 0 Å². The van der Waals surface area contributed by atoms with Crippen LogP contribution in [0.4, 0.5) is 0 Å². The summed E-state index contributed by atoms with van der Waals surface area (Å²) in [6.45, 7) is 7.14. The van der Waals surface area contributed by atoms with E-state index < -0.39 is 0 Å². The van der Waals surface area contributed by atoms with Crippen molar-refractivity contribution in [3.8, 4) is 5.75 Å². The molecule has 0 unspecified atom stereocenters. The molecule has 2 aromatic rings. The van der Waals surface area contributed by atoms with Gasteiger partial charge in [-0.1, -0.05) is 19.1 Å². The normalized spacial score (nSPS) is 10.8. The van der Waals surface area contributed by atoms with Crippen molar-refractivity contribution < 1.29 is 4.74 Å². The minimum atomic E-state index is 0.886. The Hall–Kier alpha value is -1.81. The Bertz CT molecular complexity index is 546. The van der Waals surface area contributed by atoms with Crippen molar-refractivity contribution in [2.75, 3.05) is 13.7 Å². The van der Waals surface area contributed by atoms with Crippen LogP contribution in [0.3, 0.4) is 0 Å². The third-order valence-electron chi connectivity index (χ3n) is 3.65. The van der Waals surface area contributed by atoms with Crippen molar-refractivity contribution >= 4 is 0 Å². The lowest BCUT2D eigenvalue weighted by molar-refractivity contribution is 0.414. The van der Waals surface area contributed by atoms with E-state index in [2.05, 4.69) is 40.8 Å². The summed E-state index contributed by atoms with van der Waals surface area (Å²) in [7, 11) is 1.69. The summed E-state index contributed by atoms with van der Waals surface area (Å²) in [5.41, 5.74) is 2.57. The second-order valence-electron chi connectivity index (χ2n) is 5.22. The maximum Gasteiger partial charge on any atom is 0.118 e. The molecule has 2 rings (SSSR count). The molecule has 0 aliphatic rings. The zero-order valence-electron chi connectivity index (χ0n) is 13.2. The Kier molecular flexibility index (Phi) is 5.81. The highest BCUT2D eigenvalue weighted by Crippen LogP contribution is 2.13. The average molecular weight is 287 g/mol. The SMILES string of the molecule is CCCNCc1cnc(C)n1CCc1ccc(OC)cc1. The molecule has 0 aliphatic heterocycles. The maximum absolute atomic E-state index is 5.19. The van der Waals surface area contributed by atoms with Gasteiger partial charge in [0, 0.05) is 19.3 Å². The van der Waals surface area contributed by atoms with Crippen LogP contribution in [0.2, 0.25) is 0 Å². The van der Waals surface area contributed by atoms with Crippen LogP contribution in [0.25, 0.3) is 0 Å². The van der Waals surface area contributed by atoms with Gasteiger partial charge >= 0.3 is 0 Å². The van der Waals surface area contributed by atoms with E-state index in [4.69, 9.17) is 4.74 Å². The highest BCUT2D eigenvalue weighted by Gasteiger charge is 2.06. The Morgan fingerprint density at radius 2 is 2.00 bits per heavy atom. The lowest BCUT2D eigenvalue weighted by atomic mass is 10.1. The number of benzene rings is 1. The van der Waals surface area contributed by atoms with E-state index >= 15 is 0 Å². The van der Waals surface area contributed by atoms with Crippen LogP contribution in [0.1, 0.15) is 30.4 Å². The molecule has 4 nitrogen and oxygen atoms in total. The maximum atomic E-state index is 5.19. The van der Waals surface area contributed by atoms with Gasteiger partial charge in [0.25, 0.3) is 0 Å². The first-order chi connectivity index (χ1) is 10.2. The van der Waals surface area contributed by atoms with Crippen LogP contribution < -0.4 is 10.1 Å². The van der Waals surface area contributed by atoms with Gasteiger partial charge < -0.3 is 14.6 Å². The first kappa shape index (κ1) is 15.6. The van der Waals surface area contributed by atoms with Crippen LogP contribution in [0, 0.1) is 6.92 Å². The molecule has 1 N–H and O–H groups in total. The predicted octanol–water partition coefficient (Wildman–Crippen LogP) is 2.94. The number of hydrogen-bond acceptors (Lipinski definition) is 3. The second kappa shape index (κ2) is 7.84. The molecule has 0 spiro atoms. The summed E-state index contributed by atoms with van der Waals surface area (Å²) in [5, 5.41) is 3.44. The molecule has 1 heterocycles. The summed E-state index contributed by atoms with van der Waals surface area (Å²) in [4.78, 5) is 4.44. The molecular weight excluding hydrogens is 262 g/mol. The first-order valence-corrected chi connectivity index (χ1v) is 7.59. The van der Waals surface area contributed by atoms with Crippen LogP contribution in [-0.2, 0) is 19.5 Å². The fourth-order valence-corrected chi connectivity index (χ4v) is 2.39. The van der Waals surface area contributed by atoms with Crippen molar-refractivity contribution in [3.05, 3.63) is 47.5 Å². The Labute approximate surface area is 127 Å². The molecule has 1 aromatic carbocycles. The smallest absolute Gasteiger partial charge is 0.118 e. The molecule has 0 radical (unpaired) electrons. The topological polar surface area (TPSA) is 39.1 Å². The molecule has 0 saturated heterocycles. The van der Waals surface area contributed by atoms with Gasteiger partial charge in [0.15, 0.2) is 0 Å². The summed E-state index contributed by atoms with van der Waals surface area (Å²) in [6.07, 6.45) is 4.13. The largest absolute Gasteiger partial charge is 0.497 e. The predicted molar refractivity (Wildman–Crippen MR) is 85.7 cm³/mol. The third kappa shape index (κ3) is 4.33. The summed E-state index contributed by atoms with van der Waals surface area (Å²) >= 11 is 0. The minimum Gasteiger partial charge on any atom is -0.497 e. The van der Waals surface area contributed by atoms with E-state index in [9.17, 15) is 0 Å². The Balaban J connectivity index is 1.96. The van der Waals surface area contributed by atoms with Crippen LogP contribution in [-0.4, -0.2) is 23.2 Å². The third-order valence-corrected chi connectivity index (χ3v) is 3.65.